The lowest BCUT2D eigenvalue weighted by molar-refractivity contribution is 0.0951. The fraction of sp³-hybridized carbons (Fsp3) is 0.190. The molecule has 0 aliphatic heterocycles. The van der Waals surface area contributed by atoms with Crippen molar-refractivity contribution >= 4 is 11.7 Å². The van der Waals surface area contributed by atoms with Crippen molar-refractivity contribution in [3.05, 3.63) is 77.9 Å². The van der Waals surface area contributed by atoms with Crippen LogP contribution in [0.4, 0.5) is 10.2 Å². The lowest BCUT2D eigenvalue weighted by Gasteiger charge is -2.13. The first kappa shape index (κ1) is 19.3. The van der Waals surface area contributed by atoms with Crippen molar-refractivity contribution in [1.82, 2.24) is 15.3 Å². The number of hydrogen-bond donors (Lipinski definition) is 2. The van der Waals surface area contributed by atoms with E-state index in [2.05, 4.69) is 20.6 Å². The van der Waals surface area contributed by atoms with E-state index in [1.165, 1.54) is 24.3 Å². The second-order valence-electron chi connectivity index (χ2n) is 6.44. The Balaban J connectivity index is 1.65. The maximum Gasteiger partial charge on any atom is 0.255 e. The van der Waals surface area contributed by atoms with Gasteiger partial charge in [0.05, 0.1) is 5.56 Å². The number of pyridine rings is 2. The number of carbonyl (C=O) groups is 1. The van der Waals surface area contributed by atoms with E-state index in [4.69, 9.17) is 4.74 Å². The molecule has 0 spiro atoms. The second-order valence-corrected chi connectivity index (χ2v) is 6.44. The molecule has 3 aromatic rings. The van der Waals surface area contributed by atoms with Gasteiger partial charge < -0.3 is 15.4 Å². The molecule has 2 aromatic heterocycles. The molecule has 1 amide bonds. The summed E-state index contributed by atoms with van der Waals surface area (Å²) in [6, 6.07) is 12.8. The molecule has 0 aliphatic carbocycles. The van der Waals surface area contributed by atoms with Crippen LogP contribution in [-0.4, -0.2) is 21.9 Å². The average molecular weight is 380 g/mol. The Morgan fingerprint density at radius 3 is 2.64 bits per heavy atom. The highest BCUT2D eigenvalue weighted by atomic mass is 19.1. The summed E-state index contributed by atoms with van der Waals surface area (Å²) in [5, 5.41) is 6.04. The largest absolute Gasteiger partial charge is 0.439 e. The fourth-order valence-corrected chi connectivity index (χ4v) is 2.49. The molecular weight excluding hydrogens is 359 g/mol. The summed E-state index contributed by atoms with van der Waals surface area (Å²) in [6.45, 7) is 4.27. The number of rotatable bonds is 7. The van der Waals surface area contributed by atoms with Gasteiger partial charge in [0.1, 0.15) is 17.4 Å². The van der Waals surface area contributed by atoms with E-state index >= 15 is 0 Å². The van der Waals surface area contributed by atoms with Gasteiger partial charge in [-0.1, -0.05) is 0 Å². The second kappa shape index (κ2) is 8.94. The van der Waals surface area contributed by atoms with Crippen molar-refractivity contribution < 1.29 is 13.9 Å². The van der Waals surface area contributed by atoms with Crippen molar-refractivity contribution in [2.24, 2.45) is 0 Å². The van der Waals surface area contributed by atoms with E-state index < -0.39 is 0 Å². The molecule has 3 rings (SSSR count). The predicted molar refractivity (Wildman–Crippen MR) is 105 cm³/mol. The molecule has 0 unspecified atom stereocenters. The molecule has 0 saturated carbocycles. The van der Waals surface area contributed by atoms with E-state index in [1.54, 1.807) is 36.7 Å². The quantitative estimate of drug-likeness (QED) is 0.644. The number of aromatic nitrogens is 2. The first-order chi connectivity index (χ1) is 13.5. The maximum absolute atomic E-state index is 13.0. The van der Waals surface area contributed by atoms with Gasteiger partial charge in [-0.3, -0.25) is 4.79 Å². The van der Waals surface area contributed by atoms with Gasteiger partial charge in [-0.25, -0.2) is 14.4 Å². The molecule has 0 radical (unpaired) electrons. The minimum absolute atomic E-state index is 0.160. The Morgan fingerprint density at radius 2 is 1.89 bits per heavy atom. The zero-order chi connectivity index (χ0) is 19.9. The summed E-state index contributed by atoms with van der Waals surface area (Å²) in [6.07, 6.45) is 3.24. The topological polar surface area (TPSA) is 76.1 Å². The van der Waals surface area contributed by atoms with E-state index in [9.17, 15) is 9.18 Å². The summed E-state index contributed by atoms with van der Waals surface area (Å²) in [7, 11) is 0. The van der Waals surface area contributed by atoms with E-state index in [0.29, 0.717) is 29.6 Å². The monoisotopic (exact) mass is 380 g/mol. The first-order valence-electron chi connectivity index (χ1n) is 8.89. The first-order valence-corrected chi connectivity index (χ1v) is 8.89. The van der Waals surface area contributed by atoms with Crippen molar-refractivity contribution in [2.75, 3.05) is 5.32 Å². The highest BCUT2D eigenvalue weighted by Gasteiger charge is 2.13. The minimum Gasteiger partial charge on any atom is -0.439 e. The van der Waals surface area contributed by atoms with Gasteiger partial charge in [-0.05, 0) is 61.9 Å². The number of ether oxygens (including phenoxy) is 1. The Morgan fingerprint density at radius 1 is 1.11 bits per heavy atom. The summed E-state index contributed by atoms with van der Waals surface area (Å²) in [4.78, 5) is 20.9. The molecule has 2 N–H and O–H groups in total. The Kier molecular flexibility index (Phi) is 6.16. The van der Waals surface area contributed by atoms with Crippen LogP contribution in [-0.2, 0) is 6.54 Å². The third-order valence-electron chi connectivity index (χ3n) is 3.77. The van der Waals surface area contributed by atoms with Crippen LogP contribution in [0, 0.1) is 5.82 Å². The molecule has 0 atom stereocenters. The normalized spacial score (nSPS) is 10.6. The minimum atomic E-state index is -0.335. The molecule has 0 aliphatic rings. The van der Waals surface area contributed by atoms with Gasteiger partial charge in [0.15, 0.2) is 0 Å². The van der Waals surface area contributed by atoms with Crippen LogP contribution in [0.15, 0.2) is 60.9 Å². The van der Waals surface area contributed by atoms with Crippen molar-refractivity contribution in [2.45, 2.75) is 26.4 Å². The van der Waals surface area contributed by atoms with E-state index in [0.717, 1.165) is 5.56 Å². The van der Waals surface area contributed by atoms with Crippen LogP contribution in [0.1, 0.15) is 29.8 Å². The van der Waals surface area contributed by atoms with Gasteiger partial charge in [0.2, 0.25) is 5.88 Å². The molecular formula is C21H21FN4O2. The standard InChI is InChI=1S/C21H21FN4O2/c1-14(2)26-20-18(4-3-10-24-20)21(27)25-13-15-9-11-23-19(12-15)28-17-7-5-16(22)6-8-17/h3-12,14H,13H2,1-2H3,(H,24,26)(H,25,27). The number of halogens is 1. The van der Waals surface area contributed by atoms with Crippen molar-refractivity contribution in [3.63, 3.8) is 0 Å². The Labute approximate surface area is 162 Å². The van der Waals surface area contributed by atoms with Gasteiger partial charge in [0, 0.05) is 31.0 Å². The third-order valence-corrected chi connectivity index (χ3v) is 3.77. The number of nitrogens with zero attached hydrogens (tertiary/aromatic N) is 2. The Bertz CT molecular complexity index is 945. The van der Waals surface area contributed by atoms with Crippen LogP contribution < -0.4 is 15.4 Å². The maximum atomic E-state index is 13.0. The number of nitrogens with one attached hydrogen (secondary N) is 2. The smallest absolute Gasteiger partial charge is 0.255 e. The van der Waals surface area contributed by atoms with Crippen LogP contribution in [0.25, 0.3) is 0 Å². The molecule has 0 bridgehead atoms. The van der Waals surface area contributed by atoms with Crippen molar-refractivity contribution in [1.29, 1.82) is 0 Å². The van der Waals surface area contributed by atoms with Crippen LogP contribution in [0.2, 0.25) is 0 Å². The molecule has 0 saturated heterocycles. The molecule has 1 aromatic carbocycles. The molecule has 28 heavy (non-hydrogen) atoms. The molecule has 2 heterocycles. The highest BCUT2D eigenvalue weighted by Crippen LogP contribution is 2.20. The number of hydrogen-bond acceptors (Lipinski definition) is 5. The molecule has 144 valence electrons. The summed E-state index contributed by atoms with van der Waals surface area (Å²) in [5.41, 5.74) is 1.30. The molecule has 0 fully saturated rings. The predicted octanol–water partition coefficient (Wildman–Crippen LogP) is 4.16. The van der Waals surface area contributed by atoms with E-state index in [1.807, 2.05) is 13.8 Å². The number of amides is 1. The fourth-order valence-electron chi connectivity index (χ4n) is 2.49. The average Bonchev–Trinajstić information content (AvgIpc) is 2.68. The summed E-state index contributed by atoms with van der Waals surface area (Å²) >= 11 is 0. The van der Waals surface area contributed by atoms with Gasteiger partial charge in [-0.15, -0.1) is 0 Å². The lowest BCUT2D eigenvalue weighted by atomic mass is 10.2. The number of anilines is 1. The van der Waals surface area contributed by atoms with Crippen LogP contribution >= 0.6 is 0 Å². The van der Waals surface area contributed by atoms with Crippen LogP contribution in [0.3, 0.4) is 0 Å². The highest BCUT2D eigenvalue weighted by molar-refractivity contribution is 5.98. The zero-order valence-corrected chi connectivity index (χ0v) is 15.6. The zero-order valence-electron chi connectivity index (χ0n) is 15.6. The van der Waals surface area contributed by atoms with Gasteiger partial charge in [-0.2, -0.15) is 0 Å². The summed E-state index contributed by atoms with van der Waals surface area (Å²) < 4.78 is 18.6. The Hall–Kier alpha value is -3.48. The van der Waals surface area contributed by atoms with E-state index in [-0.39, 0.29) is 17.8 Å². The van der Waals surface area contributed by atoms with Crippen LogP contribution in [0.5, 0.6) is 11.6 Å². The van der Waals surface area contributed by atoms with Gasteiger partial charge >= 0.3 is 0 Å². The number of benzene rings is 1. The lowest BCUT2D eigenvalue weighted by Crippen LogP contribution is -2.25. The van der Waals surface area contributed by atoms with Gasteiger partial charge in [0.25, 0.3) is 5.91 Å². The molecule has 6 nitrogen and oxygen atoms in total. The number of carbonyl (C=O) groups excluding carboxylic acids is 1. The third kappa shape index (κ3) is 5.26. The summed E-state index contributed by atoms with van der Waals surface area (Å²) in [5.74, 6) is 0.828. The molecule has 7 heteroatoms. The van der Waals surface area contributed by atoms with Crippen molar-refractivity contribution in [3.8, 4) is 11.6 Å². The SMILES string of the molecule is CC(C)Nc1ncccc1C(=O)NCc1ccnc(Oc2ccc(F)cc2)c1.